The third-order valence-corrected chi connectivity index (χ3v) is 5.48. The zero-order chi connectivity index (χ0) is 21.8. The third-order valence-electron chi connectivity index (χ3n) is 5.48. The lowest BCUT2D eigenvalue weighted by molar-refractivity contribution is -0.138. The molecule has 0 spiro atoms. The van der Waals surface area contributed by atoms with Crippen LogP contribution in [0.4, 0.5) is 0 Å². The van der Waals surface area contributed by atoms with Crippen molar-refractivity contribution in [3.63, 3.8) is 0 Å². The molecule has 4 amide bonds. The molecule has 0 radical (unpaired) electrons. The zero-order valence-corrected chi connectivity index (χ0v) is 17.5. The van der Waals surface area contributed by atoms with E-state index < -0.39 is 17.9 Å². The number of hydrogen-bond donors (Lipinski definition) is 1. The maximum atomic E-state index is 13.3. The quantitative estimate of drug-likeness (QED) is 0.527. The van der Waals surface area contributed by atoms with Crippen LogP contribution in [0.25, 0.3) is 0 Å². The van der Waals surface area contributed by atoms with Gasteiger partial charge in [0.2, 0.25) is 11.8 Å². The van der Waals surface area contributed by atoms with Crippen LogP contribution < -0.4 is 5.32 Å². The van der Waals surface area contributed by atoms with Crippen molar-refractivity contribution in [2.45, 2.75) is 19.9 Å². The molecular formula is C22H28N4O4. The molecule has 160 valence electrons. The van der Waals surface area contributed by atoms with Gasteiger partial charge >= 0.3 is 0 Å². The maximum absolute atomic E-state index is 13.3. The minimum absolute atomic E-state index is 0.0826. The largest absolute Gasteiger partial charge is 0.352 e. The van der Waals surface area contributed by atoms with Gasteiger partial charge in [0.05, 0.1) is 17.7 Å². The SMILES string of the molecule is C=CCNC(=O)CN1CCN(C(=O)C(C(C)C)N2C(=O)c3ccccc3C2=O)CC1. The molecule has 1 aromatic rings. The van der Waals surface area contributed by atoms with E-state index in [1.165, 1.54) is 0 Å². The number of nitrogens with zero attached hydrogens (tertiary/aromatic N) is 3. The molecule has 1 atom stereocenters. The Bertz CT molecular complexity index is 823. The van der Waals surface area contributed by atoms with Gasteiger partial charge in [-0.05, 0) is 18.1 Å². The van der Waals surface area contributed by atoms with Gasteiger partial charge in [-0.15, -0.1) is 6.58 Å². The molecule has 0 saturated carbocycles. The number of amides is 4. The van der Waals surface area contributed by atoms with Crippen molar-refractivity contribution in [1.82, 2.24) is 20.0 Å². The van der Waals surface area contributed by atoms with Gasteiger partial charge in [0, 0.05) is 32.7 Å². The molecule has 1 saturated heterocycles. The number of fused-ring (bicyclic) bond motifs is 1. The molecule has 1 N–H and O–H groups in total. The number of nitrogens with one attached hydrogen (secondary N) is 1. The molecule has 0 aliphatic carbocycles. The highest BCUT2D eigenvalue weighted by Crippen LogP contribution is 2.28. The van der Waals surface area contributed by atoms with Crippen molar-refractivity contribution < 1.29 is 19.2 Å². The van der Waals surface area contributed by atoms with Crippen molar-refractivity contribution >= 4 is 23.6 Å². The van der Waals surface area contributed by atoms with Crippen LogP contribution in [-0.4, -0.2) is 83.6 Å². The Morgan fingerprint density at radius 2 is 1.63 bits per heavy atom. The zero-order valence-electron chi connectivity index (χ0n) is 17.5. The van der Waals surface area contributed by atoms with E-state index in [0.717, 1.165) is 4.90 Å². The molecule has 1 fully saturated rings. The van der Waals surface area contributed by atoms with Crippen LogP contribution in [-0.2, 0) is 9.59 Å². The molecule has 2 aliphatic rings. The molecule has 3 rings (SSSR count). The molecule has 1 aromatic carbocycles. The van der Waals surface area contributed by atoms with E-state index in [0.29, 0.717) is 43.9 Å². The lowest BCUT2D eigenvalue weighted by atomic mass is 10.0. The number of imide groups is 1. The number of carbonyl (C=O) groups is 4. The third kappa shape index (κ3) is 4.28. The first-order valence-electron chi connectivity index (χ1n) is 10.2. The Hall–Kier alpha value is -3.00. The Balaban J connectivity index is 1.66. The fourth-order valence-corrected chi connectivity index (χ4v) is 3.91. The second-order valence-electron chi connectivity index (χ2n) is 7.91. The summed E-state index contributed by atoms with van der Waals surface area (Å²) in [5.74, 6) is -1.36. The van der Waals surface area contributed by atoms with Crippen molar-refractivity contribution in [2.24, 2.45) is 5.92 Å². The average molecular weight is 412 g/mol. The fraction of sp³-hybridized carbons (Fsp3) is 0.455. The van der Waals surface area contributed by atoms with Gasteiger partial charge < -0.3 is 10.2 Å². The number of hydrogen-bond acceptors (Lipinski definition) is 5. The van der Waals surface area contributed by atoms with Crippen LogP contribution in [0.3, 0.4) is 0 Å². The summed E-state index contributed by atoms with van der Waals surface area (Å²) in [4.78, 5) is 55.7. The summed E-state index contributed by atoms with van der Waals surface area (Å²) in [5.41, 5.74) is 0.688. The molecule has 2 aliphatic heterocycles. The Morgan fingerprint density at radius 1 is 1.07 bits per heavy atom. The molecule has 1 unspecified atom stereocenters. The molecule has 0 aromatic heterocycles. The van der Waals surface area contributed by atoms with Crippen LogP contribution in [0.5, 0.6) is 0 Å². The van der Waals surface area contributed by atoms with Crippen molar-refractivity contribution in [2.75, 3.05) is 39.3 Å². The summed E-state index contributed by atoms with van der Waals surface area (Å²) in [6.07, 6.45) is 1.62. The van der Waals surface area contributed by atoms with Crippen molar-refractivity contribution in [3.8, 4) is 0 Å². The van der Waals surface area contributed by atoms with E-state index in [-0.39, 0.29) is 24.3 Å². The Kier molecular flexibility index (Phi) is 6.66. The summed E-state index contributed by atoms with van der Waals surface area (Å²) in [5, 5.41) is 2.74. The number of carbonyl (C=O) groups excluding carboxylic acids is 4. The van der Waals surface area contributed by atoms with Crippen molar-refractivity contribution in [1.29, 1.82) is 0 Å². The van der Waals surface area contributed by atoms with Crippen LogP contribution >= 0.6 is 0 Å². The highest BCUT2D eigenvalue weighted by molar-refractivity contribution is 6.22. The molecule has 0 bridgehead atoms. The first kappa shape index (κ1) is 21.7. The Labute approximate surface area is 176 Å². The molecule has 8 heteroatoms. The minimum atomic E-state index is -0.847. The van der Waals surface area contributed by atoms with Crippen LogP contribution in [0.2, 0.25) is 0 Å². The van der Waals surface area contributed by atoms with Gasteiger partial charge in [-0.3, -0.25) is 29.0 Å². The summed E-state index contributed by atoms with van der Waals surface area (Å²) in [6.45, 7) is 9.94. The van der Waals surface area contributed by atoms with E-state index >= 15 is 0 Å². The topological polar surface area (TPSA) is 90.0 Å². The predicted octanol–water partition coefficient (Wildman–Crippen LogP) is 0.754. The van der Waals surface area contributed by atoms with E-state index in [1.54, 1.807) is 35.2 Å². The molecular weight excluding hydrogens is 384 g/mol. The van der Waals surface area contributed by atoms with Gasteiger partial charge in [-0.2, -0.15) is 0 Å². The average Bonchev–Trinajstić information content (AvgIpc) is 2.98. The second kappa shape index (κ2) is 9.21. The number of piperazine rings is 1. The lowest BCUT2D eigenvalue weighted by Crippen LogP contribution is -2.58. The van der Waals surface area contributed by atoms with E-state index in [2.05, 4.69) is 11.9 Å². The number of rotatable bonds is 7. The normalized spacial score (nSPS) is 17.8. The summed E-state index contributed by atoms with van der Waals surface area (Å²) < 4.78 is 0. The van der Waals surface area contributed by atoms with Gasteiger partial charge in [0.15, 0.2) is 0 Å². The predicted molar refractivity (Wildman–Crippen MR) is 112 cm³/mol. The van der Waals surface area contributed by atoms with Gasteiger partial charge in [0.1, 0.15) is 6.04 Å². The van der Waals surface area contributed by atoms with Gasteiger partial charge in [-0.1, -0.05) is 32.1 Å². The van der Waals surface area contributed by atoms with Crippen LogP contribution in [0.15, 0.2) is 36.9 Å². The molecule has 8 nitrogen and oxygen atoms in total. The highest BCUT2D eigenvalue weighted by Gasteiger charge is 2.45. The second-order valence-corrected chi connectivity index (χ2v) is 7.91. The maximum Gasteiger partial charge on any atom is 0.262 e. The fourth-order valence-electron chi connectivity index (χ4n) is 3.91. The van der Waals surface area contributed by atoms with Crippen LogP contribution in [0.1, 0.15) is 34.6 Å². The number of benzene rings is 1. The smallest absolute Gasteiger partial charge is 0.262 e. The van der Waals surface area contributed by atoms with Gasteiger partial charge in [-0.25, -0.2) is 0 Å². The van der Waals surface area contributed by atoms with E-state index in [1.807, 2.05) is 18.7 Å². The summed E-state index contributed by atoms with van der Waals surface area (Å²) in [6, 6.07) is 5.81. The van der Waals surface area contributed by atoms with Crippen molar-refractivity contribution in [3.05, 3.63) is 48.0 Å². The standard InChI is InChI=1S/C22H28N4O4/c1-4-9-23-18(27)14-24-10-12-25(13-11-24)22(30)19(15(2)3)26-20(28)16-7-5-6-8-17(16)21(26)29/h4-8,15,19H,1,9-14H2,2-3H3,(H,23,27). The monoisotopic (exact) mass is 412 g/mol. The van der Waals surface area contributed by atoms with E-state index in [9.17, 15) is 19.2 Å². The summed E-state index contributed by atoms with van der Waals surface area (Å²) >= 11 is 0. The summed E-state index contributed by atoms with van der Waals surface area (Å²) in [7, 11) is 0. The Morgan fingerprint density at radius 3 is 2.13 bits per heavy atom. The van der Waals surface area contributed by atoms with E-state index in [4.69, 9.17) is 0 Å². The minimum Gasteiger partial charge on any atom is -0.352 e. The molecule has 2 heterocycles. The first-order valence-corrected chi connectivity index (χ1v) is 10.2. The highest BCUT2D eigenvalue weighted by atomic mass is 16.2. The first-order chi connectivity index (χ1) is 14.3. The van der Waals surface area contributed by atoms with Crippen LogP contribution in [0, 0.1) is 5.92 Å². The van der Waals surface area contributed by atoms with Gasteiger partial charge in [0.25, 0.3) is 11.8 Å². The lowest BCUT2D eigenvalue weighted by Gasteiger charge is -2.38. The molecule has 30 heavy (non-hydrogen) atoms.